The molecular formula is C13H21NO2. The van der Waals surface area contributed by atoms with Crippen molar-refractivity contribution < 1.29 is 9.84 Å². The highest BCUT2D eigenvalue weighted by atomic mass is 16.5. The lowest BCUT2D eigenvalue weighted by atomic mass is 10.1. The van der Waals surface area contributed by atoms with E-state index < -0.39 is 0 Å². The fourth-order valence-electron chi connectivity index (χ4n) is 1.65. The van der Waals surface area contributed by atoms with Gasteiger partial charge in [0.1, 0.15) is 5.75 Å². The largest absolute Gasteiger partial charge is 0.497 e. The maximum Gasteiger partial charge on any atom is 0.118 e. The number of likely N-dealkylation sites (N-methyl/N-ethyl adjacent to an activating group) is 1. The zero-order chi connectivity index (χ0) is 11.8. The van der Waals surface area contributed by atoms with Gasteiger partial charge in [0.15, 0.2) is 0 Å². The third-order valence-corrected chi connectivity index (χ3v) is 2.74. The van der Waals surface area contributed by atoms with Crippen LogP contribution in [-0.4, -0.2) is 43.4 Å². The summed E-state index contributed by atoms with van der Waals surface area (Å²) in [5.74, 6) is 0.895. The van der Waals surface area contributed by atoms with Crippen molar-refractivity contribution in [1.29, 1.82) is 0 Å². The molecule has 0 aliphatic carbocycles. The SMILES string of the molecule is CCN(CCO)CCc1ccc(OC)cc1. The van der Waals surface area contributed by atoms with Crippen LogP contribution in [0.3, 0.4) is 0 Å². The van der Waals surface area contributed by atoms with Crippen LogP contribution in [0.4, 0.5) is 0 Å². The predicted octanol–water partition coefficient (Wildman–Crippen LogP) is 1.55. The summed E-state index contributed by atoms with van der Waals surface area (Å²) in [4.78, 5) is 2.24. The molecule has 0 saturated heterocycles. The summed E-state index contributed by atoms with van der Waals surface area (Å²) in [6.07, 6.45) is 1.01. The first-order valence-corrected chi connectivity index (χ1v) is 5.76. The summed E-state index contributed by atoms with van der Waals surface area (Å²) in [7, 11) is 1.68. The zero-order valence-corrected chi connectivity index (χ0v) is 10.1. The van der Waals surface area contributed by atoms with Gasteiger partial charge in [-0.15, -0.1) is 0 Å². The van der Waals surface area contributed by atoms with E-state index in [1.807, 2.05) is 12.1 Å². The van der Waals surface area contributed by atoms with Gasteiger partial charge in [-0.05, 0) is 30.7 Å². The topological polar surface area (TPSA) is 32.7 Å². The summed E-state index contributed by atoms with van der Waals surface area (Å²) in [6.45, 7) is 5.08. The van der Waals surface area contributed by atoms with Crippen molar-refractivity contribution in [1.82, 2.24) is 4.90 Å². The van der Waals surface area contributed by atoms with E-state index in [9.17, 15) is 0 Å². The second-order valence-corrected chi connectivity index (χ2v) is 3.76. The molecule has 0 saturated carbocycles. The number of benzene rings is 1. The molecule has 0 atom stereocenters. The van der Waals surface area contributed by atoms with Crippen molar-refractivity contribution in [2.24, 2.45) is 0 Å². The Hall–Kier alpha value is -1.06. The van der Waals surface area contributed by atoms with Crippen LogP contribution in [0.25, 0.3) is 0 Å². The summed E-state index contributed by atoms with van der Waals surface area (Å²) >= 11 is 0. The lowest BCUT2D eigenvalue weighted by Gasteiger charge is -2.18. The molecule has 3 nitrogen and oxygen atoms in total. The lowest BCUT2D eigenvalue weighted by molar-refractivity contribution is 0.203. The average molecular weight is 223 g/mol. The molecule has 0 heterocycles. The third-order valence-electron chi connectivity index (χ3n) is 2.74. The number of hydrogen-bond donors (Lipinski definition) is 1. The molecule has 1 N–H and O–H groups in total. The molecule has 1 aromatic rings. The summed E-state index contributed by atoms with van der Waals surface area (Å²) in [5, 5.41) is 8.88. The molecule has 0 radical (unpaired) electrons. The summed E-state index contributed by atoms with van der Waals surface area (Å²) in [5.41, 5.74) is 1.30. The van der Waals surface area contributed by atoms with Crippen molar-refractivity contribution in [2.75, 3.05) is 33.4 Å². The zero-order valence-electron chi connectivity index (χ0n) is 10.1. The molecule has 1 aromatic carbocycles. The Bertz CT molecular complexity index is 284. The van der Waals surface area contributed by atoms with E-state index in [-0.39, 0.29) is 6.61 Å². The first-order valence-electron chi connectivity index (χ1n) is 5.76. The Morgan fingerprint density at radius 2 is 1.88 bits per heavy atom. The molecule has 0 aliphatic rings. The van der Waals surface area contributed by atoms with E-state index in [0.717, 1.165) is 31.8 Å². The second kappa shape index (κ2) is 7.25. The number of ether oxygens (including phenoxy) is 1. The minimum Gasteiger partial charge on any atom is -0.497 e. The molecule has 0 aliphatic heterocycles. The first kappa shape index (κ1) is 13.0. The van der Waals surface area contributed by atoms with Gasteiger partial charge in [-0.2, -0.15) is 0 Å². The highest BCUT2D eigenvalue weighted by molar-refractivity contribution is 5.27. The third kappa shape index (κ3) is 4.21. The van der Waals surface area contributed by atoms with Gasteiger partial charge in [-0.25, -0.2) is 0 Å². The predicted molar refractivity (Wildman–Crippen MR) is 65.9 cm³/mol. The second-order valence-electron chi connectivity index (χ2n) is 3.76. The lowest BCUT2D eigenvalue weighted by Crippen LogP contribution is -2.28. The maximum absolute atomic E-state index is 8.88. The fourth-order valence-corrected chi connectivity index (χ4v) is 1.65. The molecule has 16 heavy (non-hydrogen) atoms. The number of nitrogens with zero attached hydrogens (tertiary/aromatic N) is 1. The van der Waals surface area contributed by atoms with Gasteiger partial charge in [0.05, 0.1) is 13.7 Å². The normalized spacial score (nSPS) is 10.8. The molecule has 0 spiro atoms. The number of methoxy groups -OCH3 is 1. The Morgan fingerprint density at radius 3 is 2.38 bits per heavy atom. The number of hydrogen-bond acceptors (Lipinski definition) is 3. The smallest absolute Gasteiger partial charge is 0.118 e. The van der Waals surface area contributed by atoms with Crippen molar-refractivity contribution in [2.45, 2.75) is 13.3 Å². The van der Waals surface area contributed by atoms with Gasteiger partial charge in [0, 0.05) is 13.1 Å². The molecule has 1 rings (SSSR count). The van der Waals surface area contributed by atoms with Crippen LogP contribution in [0, 0.1) is 0 Å². The van der Waals surface area contributed by atoms with E-state index >= 15 is 0 Å². The van der Waals surface area contributed by atoms with E-state index in [1.165, 1.54) is 5.56 Å². The van der Waals surface area contributed by atoms with Crippen LogP contribution >= 0.6 is 0 Å². The summed E-state index contributed by atoms with van der Waals surface area (Å²) in [6, 6.07) is 8.15. The number of aliphatic hydroxyl groups is 1. The van der Waals surface area contributed by atoms with Crippen LogP contribution in [-0.2, 0) is 6.42 Å². The van der Waals surface area contributed by atoms with Gasteiger partial charge in [0.25, 0.3) is 0 Å². The first-order chi connectivity index (χ1) is 7.80. The van der Waals surface area contributed by atoms with E-state index in [4.69, 9.17) is 9.84 Å². The van der Waals surface area contributed by atoms with E-state index in [1.54, 1.807) is 7.11 Å². The van der Waals surface area contributed by atoms with Crippen LogP contribution in [0.2, 0.25) is 0 Å². The average Bonchev–Trinajstić information content (AvgIpc) is 2.35. The Kier molecular flexibility index (Phi) is 5.90. The van der Waals surface area contributed by atoms with Crippen LogP contribution in [0.15, 0.2) is 24.3 Å². The molecule has 0 amide bonds. The highest BCUT2D eigenvalue weighted by Crippen LogP contribution is 2.11. The quantitative estimate of drug-likeness (QED) is 0.761. The number of aliphatic hydroxyl groups excluding tert-OH is 1. The van der Waals surface area contributed by atoms with Crippen LogP contribution in [0.5, 0.6) is 5.75 Å². The molecule has 0 bridgehead atoms. The van der Waals surface area contributed by atoms with Gasteiger partial charge in [-0.3, -0.25) is 0 Å². The van der Waals surface area contributed by atoms with Crippen molar-refractivity contribution in [3.8, 4) is 5.75 Å². The minimum absolute atomic E-state index is 0.233. The molecule has 0 aromatic heterocycles. The summed E-state index contributed by atoms with van der Waals surface area (Å²) < 4.78 is 5.11. The molecule has 3 heteroatoms. The highest BCUT2D eigenvalue weighted by Gasteiger charge is 2.01. The molecule has 0 unspecified atom stereocenters. The standard InChI is InChI=1S/C13H21NO2/c1-3-14(10-11-15)9-8-12-4-6-13(16-2)7-5-12/h4-7,15H,3,8-11H2,1-2H3. The van der Waals surface area contributed by atoms with E-state index in [2.05, 4.69) is 24.0 Å². The van der Waals surface area contributed by atoms with Gasteiger partial charge >= 0.3 is 0 Å². The van der Waals surface area contributed by atoms with E-state index in [0.29, 0.717) is 0 Å². The van der Waals surface area contributed by atoms with Crippen LogP contribution in [0.1, 0.15) is 12.5 Å². The monoisotopic (exact) mass is 223 g/mol. The maximum atomic E-state index is 8.88. The van der Waals surface area contributed by atoms with Crippen LogP contribution < -0.4 is 4.74 Å². The van der Waals surface area contributed by atoms with Crippen molar-refractivity contribution in [3.05, 3.63) is 29.8 Å². The van der Waals surface area contributed by atoms with Gasteiger partial charge in [0.2, 0.25) is 0 Å². The van der Waals surface area contributed by atoms with Gasteiger partial charge < -0.3 is 14.7 Å². The Balaban J connectivity index is 2.40. The van der Waals surface area contributed by atoms with Crippen molar-refractivity contribution in [3.63, 3.8) is 0 Å². The Labute approximate surface area is 97.7 Å². The Morgan fingerprint density at radius 1 is 1.19 bits per heavy atom. The molecule has 90 valence electrons. The van der Waals surface area contributed by atoms with Gasteiger partial charge in [-0.1, -0.05) is 19.1 Å². The molecule has 0 fully saturated rings. The number of rotatable bonds is 7. The minimum atomic E-state index is 0.233. The molecular weight excluding hydrogens is 202 g/mol. The fraction of sp³-hybridized carbons (Fsp3) is 0.538. The van der Waals surface area contributed by atoms with Crippen molar-refractivity contribution >= 4 is 0 Å².